The molecule has 0 spiro atoms. The summed E-state index contributed by atoms with van der Waals surface area (Å²) in [5.41, 5.74) is 9.26. The van der Waals surface area contributed by atoms with Crippen molar-refractivity contribution in [2.24, 2.45) is 12.8 Å². The van der Waals surface area contributed by atoms with Gasteiger partial charge in [0.25, 0.3) is 0 Å². The van der Waals surface area contributed by atoms with Gasteiger partial charge in [-0.2, -0.15) is 0 Å². The van der Waals surface area contributed by atoms with Crippen molar-refractivity contribution >= 4 is 0 Å². The lowest BCUT2D eigenvalue weighted by Gasteiger charge is -2.06. The van der Waals surface area contributed by atoms with E-state index in [4.69, 9.17) is 5.73 Å². The largest absolute Gasteiger partial charge is 0.335 e. The summed E-state index contributed by atoms with van der Waals surface area (Å²) in [6.07, 6.45) is 5.61. The van der Waals surface area contributed by atoms with Crippen molar-refractivity contribution in [2.45, 2.75) is 26.3 Å². The Kier molecular flexibility index (Phi) is 3.54. The van der Waals surface area contributed by atoms with Gasteiger partial charge in [-0.25, -0.2) is 4.98 Å². The summed E-state index contributed by atoms with van der Waals surface area (Å²) in [6.45, 7) is 2.52. The number of aromatic nitrogens is 3. The standard InChI is InChI=1S/C13H18N4/c1-10-16-12(9-14)13(17(10)2)4-3-11-5-7-15-8-6-11/h5-8H,3-4,9,14H2,1-2H3. The molecule has 2 aromatic rings. The molecule has 0 aliphatic heterocycles. The van der Waals surface area contributed by atoms with E-state index in [0.29, 0.717) is 6.54 Å². The Morgan fingerprint density at radius 3 is 2.59 bits per heavy atom. The Labute approximate surface area is 102 Å². The molecule has 0 saturated heterocycles. The molecule has 0 atom stereocenters. The molecule has 90 valence electrons. The quantitative estimate of drug-likeness (QED) is 0.863. The van der Waals surface area contributed by atoms with Gasteiger partial charge < -0.3 is 10.3 Å². The first kappa shape index (κ1) is 11.8. The van der Waals surface area contributed by atoms with Crippen LogP contribution in [0.5, 0.6) is 0 Å². The van der Waals surface area contributed by atoms with Crippen molar-refractivity contribution < 1.29 is 0 Å². The zero-order chi connectivity index (χ0) is 12.3. The van der Waals surface area contributed by atoms with Crippen molar-refractivity contribution in [3.05, 3.63) is 47.3 Å². The lowest BCUT2D eigenvalue weighted by Crippen LogP contribution is -2.06. The van der Waals surface area contributed by atoms with E-state index in [-0.39, 0.29) is 0 Å². The molecule has 0 aliphatic rings. The van der Waals surface area contributed by atoms with Crippen LogP contribution >= 0.6 is 0 Å². The van der Waals surface area contributed by atoms with E-state index in [1.807, 2.05) is 38.5 Å². The summed E-state index contributed by atoms with van der Waals surface area (Å²) in [7, 11) is 2.05. The molecule has 2 rings (SSSR count). The summed E-state index contributed by atoms with van der Waals surface area (Å²) >= 11 is 0. The molecule has 0 fully saturated rings. The Morgan fingerprint density at radius 1 is 1.24 bits per heavy atom. The smallest absolute Gasteiger partial charge is 0.105 e. The third kappa shape index (κ3) is 2.53. The SMILES string of the molecule is Cc1nc(CN)c(CCc2ccncc2)n1C. The molecular formula is C13H18N4. The number of aryl methyl sites for hydroxylation is 2. The van der Waals surface area contributed by atoms with Crippen LogP contribution < -0.4 is 5.73 Å². The van der Waals surface area contributed by atoms with Crippen molar-refractivity contribution in [3.8, 4) is 0 Å². The van der Waals surface area contributed by atoms with E-state index >= 15 is 0 Å². The van der Waals surface area contributed by atoms with Crippen LogP contribution in [0.4, 0.5) is 0 Å². The van der Waals surface area contributed by atoms with Crippen LogP contribution in [-0.2, 0) is 26.4 Å². The molecule has 0 aromatic carbocycles. The Balaban J connectivity index is 2.14. The number of pyridine rings is 1. The Hall–Kier alpha value is -1.68. The minimum Gasteiger partial charge on any atom is -0.335 e. The second kappa shape index (κ2) is 5.10. The van der Waals surface area contributed by atoms with Crippen LogP contribution in [0.25, 0.3) is 0 Å². The van der Waals surface area contributed by atoms with E-state index < -0.39 is 0 Å². The lowest BCUT2D eigenvalue weighted by molar-refractivity contribution is 0.765. The Morgan fingerprint density at radius 2 is 1.94 bits per heavy atom. The van der Waals surface area contributed by atoms with E-state index in [1.54, 1.807) is 0 Å². The fourth-order valence-electron chi connectivity index (χ4n) is 2.01. The molecule has 4 heteroatoms. The van der Waals surface area contributed by atoms with Crippen molar-refractivity contribution in [1.29, 1.82) is 0 Å². The average Bonchev–Trinajstić information content (AvgIpc) is 2.64. The predicted octanol–water partition coefficient (Wildman–Crippen LogP) is 1.37. The van der Waals surface area contributed by atoms with E-state index in [9.17, 15) is 0 Å². The molecule has 4 nitrogen and oxygen atoms in total. The van der Waals surface area contributed by atoms with Crippen LogP contribution in [0.2, 0.25) is 0 Å². The number of imidazole rings is 1. The van der Waals surface area contributed by atoms with Gasteiger partial charge in [-0.1, -0.05) is 0 Å². The summed E-state index contributed by atoms with van der Waals surface area (Å²) in [4.78, 5) is 8.48. The first-order valence-corrected chi connectivity index (χ1v) is 5.82. The van der Waals surface area contributed by atoms with Crippen molar-refractivity contribution in [3.63, 3.8) is 0 Å². The third-order valence-electron chi connectivity index (χ3n) is 3.11. The molecule has 2 aromatic heterocycles. The van der Waals surface area contributed by atoms with Gasteiger partial charge in [0.2, 0.25) is 0 Å². The maximum absolute atomic E-state index is 5.72. The van der Waals surface area contributed by atoms with Crippen molar-refractivity contribution in [2.75, 3.05) is 0 Å². The molecule has 2 heterocycles. The van der Waals surface area contributed by atoms with Crippen LogP contribution in [0.15, 0.2) is 24.5 Å². The van der Waals surface area contributed by atoms with Gasteiger partial charge in [0, 0.05) is 31.7 Å². The zero-order valence-electron chi connectivity index (χ0n) is 10.3. The normalized spacial score (nSPS) is 10.8. The summed E-state index contributed by atoms with van der Waals surface area (Å²) in [5, 5.41) is 0. The highest BCUT2D eigenvalue weighted by Crippen LogP contribution is 2.13. The summed E-state index contributed by atoms with van der Waals surface area (Å²) in [5.74, 6) is 1.02. The highest BCUT2D eigenvalue weighted by Gasteiger charge is 2.10. The highest BCUT2D eigenvalue weighted by atomic mass is 15.1. The second-order valence-electron chi connectivity index (χ2n) is 4.17. The first-order valence-electron chi connectivity index (χ1n) is 5.82. The van der Waals surface area contributed by atoms with Gasteiger partial charge in [0.1, 0.15) is 5.82 Å². The molecule has 17 heavy (non-hydrogen) atoms. The number of hydrogen-bond donors (Lipinski definition) is 1. The maximum atomic E-state index is 5.72. The Bertz CT molecular complexity index is 488. The van der Waals surface area contributed by atoms with Gasteiger partial charge in [-0.15, -0.1) is 0 Å². The maximum Gasteiger partial charge on any atom is 0.105 e. The molecule has 0 amide bonds. The van der Waals surface area contributed by atoms with Crippen LogP contribution in [0.1, 0.15) is 22.8 Å². The summed E-state index contributed by atoms with van der Waals surface area (Å²) < 4.78 is 2.13. The molecule has 0 unspecified atom stereocenters. The van der Waals surface area contributed by atoms with E-state index in [0.717, 1.165) is 24.4 Å². The van der Waals surface area contributed by atoms with Gasteiger partial charge >= 0.3 is 0 Å². The fourth-order valence-corrected chi connectivity index (χ4v) is 2.01. The van der Waals surface area contributed by atoms with E-state index in [2.05, 4.69) is 14.5 Å². The topological polar surface area (TPSA) is 56.7 Å². The molecule has 0 aliphatic carbocycles. The van der Waals surface area contributed by atoms with Crippen LogP contribution in [-0.4, -0.2) is 14.5 Å². The molecular weight excluding hydrogens is 212 g/mol. The predicted molar refractivity (Wildman–Crippen MR) is 67.5 cm³/mol. The minimum atomic E-state index is 0.507. The highest BCUT2D eigenvalue weighted by molar-refractivity contribution is 5.19. The van der Waals surface area contributed by atoms with E-state index in [1.165, 1.54) is 11.3 Å². The van der Waals surface area contributed by atoms with Crippen LogP contribution in [0, 0.1) is 6.92 Å². The van der Waals surface area contributed by atoms with Crippen LogP contribution in [0.3, 0.4) is 0 Å². The van der Waals surface area contributed by atoms with Crippen molar-refractivity contribution in [1.82, 2.24) is 14.5 Å². The fraction of sp³-hybridized carbons (Fsp3) is 0.385. The molecule has 0 saturated carbocycles. The van der Waals surface area contributed by atoms with Gasteiger partial charge in [-0.05, 0) is 37.5 Å². The number of hydrogen-bond acceptors (Lipinski definition) is 3. The second-order valence-corrected chi connectivity index (χ2v) is 4.17. The number of nitrogens with zero attached hydrogens (tertiary/aromatic N) is 3. The van der Waals surface area contributed by atoms with Gasteiger partial charge in [-0.3, -0.25) is 4.98 Å². The lowest BCUT2D eigenvalue weighted by atomic mass is 10.1. The van der Waals surface area contributed by atoms with Gasteiger partial charge in [0.05, 0.1) is 5.69 Å². The third-order valence-corrected chi connectivity index (χ3v) is 3.11. The molecule has 0 bridgehead atoms. The number of nitrogens with two attached hydrogens (primary N) is 1. The minimum absolute atomic E-state index is 0.507. The first-order chi connectivity index (χ1) is 8.22. The number of rotatable bonds is 4. The molecule has 0 radical (unpaired) electrons. The average molecular weight is 230 g/mol. The zero-order valence-corrected chi connectivity index (χ0v) is 10.3. The summed E-state index contributed by atoms with van der Waals surface area (Å²) in [6, 6.07) is 4.09. The molecule has 2 N–H and O–H groups in total. The monoisotopic (exact) mass is 230 g/mol. The van der Waals surface area contributed by atoms with Gasteiger partial charge in [0.15, 0.2) is 0 Å².